The number of nitrogens with one attached hydrogen (secondary N) is 3. The van der Waals surface area contributed by atoms with Gasteiger partial charge in [0.25, 0.3) is 0 Å². The summed E-state index contributed by atoms with van der Waals surface area (Å²) in [6.07, 6.45) is 9.23. The molecule has 4 aromatic rings. The lowest BCUT2D eigenvalue weighted by Crippen LogP contribution is -2.28. The second-order valence-electron chi connectivity index (χ2n) is 9.37. The third kappa shape index (κ3) is 7.03. The number of hydrogen-bond donors (Lipinski definition) is 3. The van der Waals surface area contributed by atoms with Crippen molar-refractivity contribution in [3.63, 3.8) is 0 Å². The quantitative estimate of drug-likeness (QED) is 0.286. The Morgan fingerprint density at radius 2 is 2.02 bits per heavy atom. The standard InChI is InChI=1S/C28H28ClN9O3/c1-41-28(40)33-21-8-9-22-19-14-25(35-31-16-19)23(5-3-2-4-12-30-24(22)15-21)34-27(39)11-6-18-13-20(29)7-10-26(18)38-17-32-36-37-38/h6-11,13-17,23,30H,2-5,12H2,1H3,(H,33,40)(H,34,39)/b11-6+/t23-/m0/s1. The highest BCUT2D eigenvalue weighted by Gasteiger charge is 2.18. The Bertz CT molecular complexity index is 1560. The summed E-state index contributed by atoms with van der Waals surface area (Å²) in [5, 5.41) is 29.7. The van der Waals surface area contributed by atoms with Crippen LogP contribution < -0.4 is 16.0 Å². The third-order valence-corrected chi connectivity index (χ3v) is 6.83. The molecular formula is C28H28ClN9O3. The Labute approximate surface area is 241 Å². The van der Waals surface area contributed by atoms with Gasteiger partial charge in [0, 0.05) is 45.7 Å². The molecule has 0 unspecified atom stereocenters. The first-order valence-electron chi connectivity index (χ1n) is 13.1. The van der Waals surface area contributed by atoms with Crippen LogP contribution in [0.2, 0.25) is 5.02 Å². The van der Waals surface area contributed by atoms with Gasteiger partial charge in [-0.25, -0.2) is 4.79 Å². The summed E-state index contributed by atoms with van der Waals surface area (Å²) in [7, 11) is 1.32. The van der Waals surface area contributed by atoms with Crippen molar-refractivity contribution in [1.29, 1.82) is 0 Å². The molecule has 12 nitrogen and oxygen atoms in total. The molecule has 13 heteroatoms. The number of methoxy groups -OCH3 is 1. The van der Waals surface area contributed by atoms with Gasteiger partial charge >= 0.3 is 6.09 Å². The number of carbonyl (C=O) groups excluding carboxylic acids is 2. The smallest absolute Gasteiger partial charge is 0.411 e. The Hall–Kier alpha value is -4.84. The molecule has 2 bridgehead atoms. The SMILES string of the molecule is COC(=O)Nc1ccc2c(c1)NCCCCC[C@H](NC(=O)/C=C/c1cc(Cl)ccc1-n1cnnn1)c1cc-2cnn1. The zero-order valence-electron chi connectivity index (χ0n) is 22.2. The van der Waals surface area contributed by atoms with E-state index < -0.39 is 6.09 Å². The van der Waals surface area contributed by atoms with E-state index in [0.717, 1.165) is 42.6 Å². The lowest BCUT2D eigenvalue weighted by Gasteiger charge is -2.20. The number of benzene rings is 2. The molecule has 0 saturated carbocycles. The van der Waals surface area contributed by atoms with E-state index in [1.807, 2.05) is 18.2 Å². The molecule has 5 rings (SSSR count). The predicted octanol–water partition coefficient (Wildman–Crippen LogP) is 4.81. The van der Waals surface area contributed by atoms with E-state index in [4.69, 9.17) is 16.3 Å². The fourth-order valence-corrected chi connectivity index (χ4v) is 4.76. The summed E-state index contributed by atoms with van der Waals surface area (Å²) in [5.41, 5.74) is 5.22. The molecule has 1 aliphatic rings. The Balaban J connectivity index is 1.39. The van der Waals surface area contributed by atoms with E-state index in [2.05, 4.69) is 41.7 Å². The summed E-state index contributed by atoms with van der Waals surface area (Å²) >= 11 is 6.21. The van der Waals surface area contributed by atoms with Crippen LogP contribution in [0, 0.1) is 0 Å². The first kappa shape index (κ1) is 27.7. The molecule has 0 spiro atoms. The van der Waals surface area contributed by atoms with Gasteiger partial charge in [-0.05, 0) is 65.7 Å². The van der Waals surface area contributed by atoms with Crippen molar-refractivity contribution in [1.82, 2.24) is 35.7 Å². The van der Waals surface area contributed by atoms with E-state index in [1.54, 1.807) is 36.5 Å². The number of fused-ring (bicyclic) bond motifs is 4. The first-order valence-corrected chi connectivity index (χ1v) is 13.5. The maximum Gasteiger partial charge on any atom is 0.411 e. The monoisotopic (exact) mass is 573 g/mol. The topological polar surface area (TPSA) is 149 Å². The highest BCUT2D eigenvalue weighted by Crippen LogP contribution is 2.33. The number of amides is 2. The number of tetrazole rings is 1. The van der Waals surface area contributed by atoms with Crippen LogP contribution in [0.15, 0.2) is 61.1 Å². The van der Waals surface area contributed by atoms with E-state index in [-0.39, 0.29) is 11.9 Å². The molecule has 210 valence electrons. The highest BCUT2D eigenvalue weighted by atomic mass is 35.5. The molecule has 41 heavy (non-hydrogen) atoms. The summed E-state index contributed by atoms with van der Waals surface area (Å²) in [6, 6.07) is 12.4. The van der Waals surface area contributed by atoms with Crippen molar-refractivity contribution in [3.05, 3.63) is 77.3 Å². The van der Waals surface area contributed by atoms with Gasteiger partial charge in [0.2, 0.25) is 5.91 Å². The maximum absolute atomic E-state index is 13.1. The third-order valence-electron chi connectivity index (χ3n) is 6.59. The summed E-state index contributed by atoms with van der Waals surface area (Å²) < 4.78 is 6.22. The van der Waals surface area contributed by atoms with Crippen molar-refractivity contribution in [2.45, 2.75) is 31.7 Å². The van der Waals surface area contributed by atoms with Crippen LogP contribution in [0.3, 0.4) is 0 Å². The molecule has 1 aliphatic heterocycles. The lowest BCUT2D eigenvalue weighted by molar-refractivity contribution is -0.117. The molecule has 0 fully saturated rings. The minimum atomic E-state index is -0.541. The second kappa shape index (κ2) is 13.0. The molecule has 0 aliphatic carbocycles. The number of anilines is 2. The van der Waals surface area contributed by atoms with Crippen molar-refractivity contribution < 1.29 is 14.3 Å². The molecule has 2 aromatic carbocycles. The van der Waals surface area contributed by atoms with E-state index in [9.17, 15) is 9.59 Å². The van der Waals surface area contributed by atoms with Crippen molar-refractivity contribution >= 4 is 41.1 Å². The fraction of sp³-hybridized carbons (Fsp3) is 0.250. The number of halogens is 1. The zero-order valence-corrected chi connectivity index (χ0v) is 23.0. The summed E-state index contributed by atoms with van der Waals surface area (Å²) in [4.78, 5) is 24.8. The largest absolute Gasteiger partial charge is 0.453 e. The number of ether oxygens (including phenoxy) is 1. The van der Waals surface area contributed by atoms with Gasteiger partial charge in [-0.1, -0.05) is 30.5 Å². The van der Waals surface area contributed by atoms with Crippen LogP contribution >= 0.6 is 11.6 Å². The van der Waals surface area contributed by atoms with Crippen LogP contribution in [-0.4, -0.2) is 56.1 Å². The Kier molecular flexibility index (Phi) is 8.79. The van der Waals surface area contributed by atoms with Gasteiger partial charge in [-0.3, -0.25) is 10.1 Å². The van der Waals surface area contributed by atoms with Gasteiger partial charge < -0.3 is 15.4 Å². The molecule has 2 aromatic heterocycles. The number of nitrogens with zero attached hydrogens (tertiary/aromatic N) is 6. The van der Waals surface area contributed by atoms with Crippen LogP contribution in [0.1, 0.15) is 43.0 Å². The average Bonchev–Trinajstić information content (AvgIpc) is 3.52. The van der Waals surface area contributed by atoms with Crippen LogP contribution in [0.25, 0.3) is 22.9 Å². The molecular weight excluding hydrogens is 546 g/mol. The Morgan fingerprint density at radius 3 is 2.85 bits per heavy atom. The first-order chi connectivity index (χ1) is 20.0. The van der Waals surface area contributed by atoms with Gasteiger partial charge in [0.1, 0.15) is 6.33 Å². The summed E-state index contributed by atoms with van der Waals surface area (Å²) in [6.45, 7) is 0.753. The number of aromatic nitrogens is 6. The van der Waals surface area contributed by atoms with Gasteiger partial charge in [-0.2, -0.15) is 14.9 Å². The van der Waals surface area contributed by atoms with Crippen molar-refractivity contribution in [2.75, 3.05) is 24.3 Å². The normalized spacial score (nSPS) is 15.1. The van der Waals surface area contributed by atoms with E-state index in [1.165, 1.54) is 24.2 Å². The van der Waals surface area contributed by atoms with E-state index in [0.29, 0.717) is 34.1 Å². The van der Waals surface area contributed by atoms with Crippen LogP contribution in [-0.2, 0) is 9.53 Å². The van der Waals surface area contributed by atoms with Crippen molar-refractivity contribution in [2.24, 2.45) is 0 Å². The highest BCUT2D eigenvalue weighted by molar-refractivity contribution is 6.30. The van der Waals surface area contributed by atoms with E-state index >= 15 is 0 Å². The maximum atomic E-state index is 13.1. The molecule has 3 heterocycles. The minimum Gasteiger partial charge on any atom is -0.453 e. The number of hydrogen-bond acceptors (Lipinski definition) is 9. The number of carbonyl (C=O) groups is 2. The zero-order chi connectivity index (χ0) is 28.6. The summed E-state index contributed by atoms with van der Waals surface area (Å²) in [5.74, 6) is -0.280. The molecule has 0 saturated heterocycles. The molecule has 2 amide bonds. The second-order valence-corrected chi connectivity index (χ2v) is 9.81. The number of rotatable bonds is 5. The molecule has 0 radical (unpaired) electrons. The van der Waals surface area contributed by atoms with Crippen LogP contribution in [0.5, 0.6) is 0 Å². The lowest BCUT2D eigenvalue weighted by atomic mass is 9.99. The van der Waals surface area contributed by atoms with Crippen LogP contribution in [0.4, 0.5) is 16.2 Å². The minimum absolute atomic E-state index is 0.280. The van der Waals surface area contributed by atoms with Gasteiger partial charge in [-0.15, -0.1) is 5.10 Å². The fourth-order valence-electron chi connectivity index (χ4n) is 4.58. The van der Waals surface area contributed by atoms with Crippen molar-refractivity contribution in [3.8, 4) is 16.8 Å². The molecule has 3 N–H and O–H groups in total. The average molecular weight is 574 g/mol. The Morgan fingerprint density at radius 1 is 1.12 bits per heavy atom. The predicted molar refractivity (Wildman–Crippen MR) is 155 cm³/mol. The van der Waals surface area contributed by atoms with Gasteiger partial charge in [0.05, 0.1) is 30.7 Å². The van der Waals surface area contributed by atoms with Gasteiger partial charge in [0.15, 0.2) is 0 Å². The molecule has 1 atom stereocenters.